The number of ether oxygens (including phenoxy) is 1. The molecule has 1 N–H and O–H groups in total. The normalized spacial score (nSPS) is 11.7. The van der Waals surface area contributed by atoms with Crippen LogP contribution in [0.5, 0.6) is 5.75 Å². The predicted molar refractivity (Wildman–Crippen MR) is 122 cm³/mol. The summed E-state index contributed by atoms with van der Waals surface area (Å²) in [5.74, 6) is 0.884. The van der Waals surface area contributed by atoms with E-state index in [1.807, 2.05) is 72.4 Å². The first-order chi connectivity index (χ1) is 15.6. The van der Waals surface area contributed by atoms with E-state index in [0.29, 0.717) is 5.82 Å². The number of rotatable bonds is 8. The van der Waals surface area contributed by atoms with Gasteiger partial charge in [0.2, 0.25) is 5.91 Å². The lowest BCUT2D eigenvalue weighted by Gasteiger charge is -2.19. The lowest BCUT2D eigenvalue weighted by Crippen LogP contribution is -2.32. The molecule has 0 bridgehead atoms. The molecule has 0 saturated carbocycles. The minimum atomic E-state index is -0.486. The van der Waals surface area contributed by atoms with Gasteiger partial charge in [-0.3, -0.25) is 4.79 Å². The third kappa shape index (κ3) is 5.03. The highest BCUT2D eigenvalue weighted by Gasteiger charge is 2.21. The molecule has 0 saturated heterocycles. The van der Waals surface area contributed by atoms with Gasteiger partial charge in [0.15, 0.2) is 0 Å². The Morgan fingerprint density at radius 3 is 2.47 bits per heavy atom. The number of carbonyl (C=O) groups is 1. The summed E-state index contributed by atoms with van der Waals surface area (Å²) in [7, 11) is 1.86. The van der Waals surface area contributed by atoms with Crippen molar-refractivity contribution >= 4 is 5.91 Å². The van der Waals surface area contributed by atoms with Gasteiger partial charge in [0.05, 0.1) is 13.0 Å². The van der Waals surface area contributed by atoms with Crippen LogP contribution in [0.3, 0.4) is 0 Å². The summed E-state index contributed by atoms with van der Waals surface area (Å²) < 4.78 is 21.2. The highest BCUT2D eigenvalue weighted by Crippen LogP contribution is 2.29. The number of imidazole rings is 1. The Balaban J connectivity index is 1.43. The van der Waals surface area contributed by atoms with Crippen molar-refractivity contribution in [3.8, 4) is 16.9 Å². The molecule has 32 heavy (non-hydrogen) atoms. The highest BCUT2D eigenvalue weighted by molar-refractivity contribution is 5.77. The topological polar surface area (TPSA) is 56.2 Å². The van der Waals surface area contributed by atoms with Crippen LogP contribution in [0, 0.1) is 5.82 Å². The molecule has 1 heterocycles. The SMILES string of the molecule is Cn1ccnc1C(NC(=O)CCOc1ccccc1-c1ccccc1)c1ccc(F)cc1. The minimum absolute atomic E-state index is 0.172. The number of carbonyl (C=O) groups excluding carboxylic acids is 1. The molecular formula is C26H24FN3O2. The van der Waals surface area contributed by atoms with E-state index in [9.17, 15) is 9.18 Å². The molecule has 1 amide bonds. The maximum Gasteiger partial charge on any atom is 0.224 e. The fourth-order valence-corrected chi connectivity index (χ4v) is 3.54. The van der Waals surface area contributed by atoms with E-state index >= 15 is 0 Å². The fraction of sp³-hybridized carbons (Fsp3) is 0.154. The second-order valence-corrected chi connectivity index (χ2v) is 7.41. The quantitative estimate of drug-likeness (QED) is 0.433. The number of halogens is 1. The van der Waals surface area contributed by atoms with Crippen LogP contribution in [0.25, 0.3) is 11.1 Å². The number of nitrogens with zero attached hydrogens (tertiary/aromatic N) is 2. The molecule has 3 aromatic carbocycles. The van der Waals surface area contributed by atoms with Crippen molar-refractivity contribution in [1.29, 1.82) is 0 Å². The van der Waals surface area contributed by atoms with Crippen LogP contribution < -0.4 is 10.1 Å². The van der Waals surface area contributed by atoms with Crippen molar-refractivity contribution in [2.24, 2.45) is 7.05 Å². The first-order valence-corrected chi connectivity index (χ1v) is 10.4. The fourth-order valence-electron chi connectivity index (χ4n) is 3.54. The molecule has 0 aliphatic heterocycles. The molecule has 4 aromatic rings. The monoisotopic (exact) mass is 429 g/mol. The molecule has 5 nitrogen and oxygen atoms in total. The highest BCUT2D eigenvalue weighted by atomic mass is 19.1. The molecule has 0 fully saturated rings. The molecule has 0 aliphatic carbocycles. The number of para-hydroxylation sites is 1. The molecule has 162 valence electrons. The van der Waals surface area contributed by atoms with Gasteiger partial charge in [0.25, 0.3) is 0 Å². The molecule has 1 aromatic heterocycles. The van der Waals surface area contributed by atoms with Gasteiger partial charge in [-0.2, -0.15) is 0 Å². The Morgan fingerprint density at radius 2 is 1.75 bits per heavy atom. The summed E-state index contributed by atoms with van der Waals surface area (Å²) in [6.45, 7) is 0.229. The summed E-state index contributed by atoms with van der Waals surface area (Å²) in [6, 6.07) is 23.3. The number of nitrogens with one attached hydrogen (secondary N) is 1. The average Bonchev–Trinajstić information content (AvgIpc) is 3.24. The van der Waals surface area contributed by atoms with Gasteiger partial charge in [0, 0.05) is 25.0 Å². The Labute approximate surface area is 186 Å². The van der Waals surface area contributed by atoms with Crippen molar-refractivity contribution in [2.75, 3.05) is 6.61 Å². The smallest absolute Gasteiger partial charge is 0.224 e. The van der Waals surface area contributed by atoms with Crippen molar-refractivity contribution < 1.29 is 13.9 Å². The molecular weight excluding hydrogens is 405 g/mol. The third-order valence-corrected chi connectivity index (χ3v) is 5.18. The number of benzene rings is 3. The standard InChI is InChI=1S/C26H24FN3O2/c1-30-17-16-28-26(30)25(20-11-13-21(27)14-12-20)29-24(31)15-18-32-23-10-6-5-9-22(23)19-7-3-2-4-8-19/h2-14,16-17,25H,15,18H2,1H3,(H,29,31). The van der Waals surface area contributed by atoms with E-state index in [0.717, 1.165) is 22.4 Å². The van der Waals surface area contributed by atoms with Gasteiger partial charge in [-0.05, 0) is 29.3 Å². The summed E-state index contributed by atoms with van der Waals surface area (Å²) in [4.78, 5) is 17.1. The Bertz CT molecular complexity index is 1170. The molecule has 0 radical (unpaired) electrons. The van der Waals surface area contributed by atoms with Gasteiger partial charge in [0.1, 0.15) is 23.4 Å². The van der Waals surface area contributed by atoms with Crippen LogP contribution in [0.2, 0.25) is 0 Å². The van der Waals surface area contributed by atoms with E-state index in [-0.39, 0.29) is 24.8 Å². The van der Waals surface area contributed by atoms with Crippen molar-refractivity contribution in [3.05, 3.63) is 108 Å². The summed E-state index contributed by atoms with van der Waals surface area (Å²) >= 11 is 0. The van der Waals surface area contributed by atoms with Gasteiger partial charge >= 0.3 is 0 Å². The minimum Gasteiger partial charge on any atom is -0.492 e. The zero-order chi connectivity index (χ0) is 22.3. The Morgan fingerprint density at radius 1 is 1.03 bits per heavy atom. The van der Waals surface area contributed by atoms with Crippen LogP contribution >= 0.6 is 0 Å². The van der Waals surface area contributed by atoms with Gasteiger partial charge in [-0.1, -0.05) is 60.7 Å². The Hall–Kier alpha value is -3.93. The zero-order valence-electron chi connectivity index (χ0n) is 17.7. The molecule has 1 unspecified atom stereocenters. The second-order valence-electron chi connectivity index (χ2n) is 7.41. The number of hydrogen-bond acceptors (Lipinski definition) is 3. The van der Waals surface area contributed by atoms with Crippen LogP contribution in [0.15, 0.2) is 91.3 Å². The van der Waals surface area contributed by atoms with Crippen molar-refractivity contribution in [3.63, 3.8) is 0 Å². The van der Waals surface area contributed by atoms with Crippen LogP contribution in [-0.4, -0.2) is 22.1 Å². The first-order valence-electron chi connectivity index (χ1n) is 10.4. The van der Waals surface area contributed by atoms with Crippen LogP contribution in [-0.2, 0) is 11.8 Å². The molecule has 0 aliphatic rings. The van der Waals surface area contributed by atoms with Gasteiger partial charge < -0.3 is 14.6 Å². The van der Waals surface area contributed by atoms with E-state index < -0.39 is 6.04 Å². The zero-order valence-corrected chi connectivity index (χ0v) is 17.7. The largest absolute Gasteiger partial charge is 0.492 e. The molecule has 6 heteroatoms. The predicted octanol–water partition coefficient (Wildman–Crippen LogP) is 4.90. The summed E-state index contributed by atoms with van der Waals surface area (Å²) in [5.41, 5.74) is 2.79. The van der Waals surface area contributed by atoms with E-state index in [4.69, 9.17) is 4.74 Å². The number of aromatic nitrogens is 2. The molecule has 0 spiro atoms. The van der Waals surface area contributed by atoms with Gasteiger partial charge in [-0.25, -0.2) is 9.37 Å². The lowest BCUT2D eigenvalue weighted by atomic mass is 10.0. The lowest BCUT2D eigenvalue weighted by molar-refractivity contribution is -0.122. The van der Waals surface area contributed by atoms with Crippen LogP contribution in [0.4, 0.5) is 4.39 Å². The molecule has 1 atom stereocenters. The first kappa shape index (κ1) is 21.3. The second kappa shape index (κ2) is 9.92. The van der Waals surface area contributed by atoms with E-state index in [1.54, 1.807) is 18.3 Å². The van der Waals surface area contributed by atoms with Crippen molar-refractivity contribution in [1.82, 2.24) is 14.9 Å². The van der Waals surface area contributed by atoms with Crippen molar-refractivity contribution in [2.45, 2.75) is 12.5 Å². The summed E-state index contributed by atoms with van der Waals surface area (Å²) in [6.07, 6.45) is 3.65. The number of aryl methyl sites for hydroxylation is 1. The third-order valence-electron chi connectivity index (χ3n) is 5.18. The number of amides is 1. The van der Waals surface area contributed by atoms with Gasteiger partial charge in [-0.15, -0.1) is 0 Å². The maximum absolute atomic E-state index is 13.4. The Kier molecular flexibility index (Phi) is 6.60. The number of hydrogen-bond donors (Lipinski definition) is 1. The summed E-state index contributed by atoms with van der Waals surface area (Å²) in [5, 5.41) is 3.00. The van der Waals surface area contributed by atoms with E-state index in [1.165, 1.54) is 12.1 Å². The maximum atomic E-state index is 13.4. The van der Waals surface area contributed by atoms with E-state index in [2.05, 4.69) is 10.3 Å². The molecule has 4 rings (SSSR count). The van der Waals surface area contributed by atoms with Crippen LogP contribution in [0.1, 0.15) is 23.9 Å². The average molecular weight is 429 g/mol.